The Morgan fingerprint density at radius 2 is 2.47 bits per heavy atom. The second-order valence-electron chi connectivity index (χ2n) is 3.80. The normalized spacial score (nSPS) is 31.2. The number of nitriles is 1. The molecule has 1 heterocycles. The van der Waals surface area contributed by atoms with Crippen LogP contribution >= 0.6 is 11.8 Å². The Balaban J connectivity index is 2.13. The molecule has 1 saturated heterocycles. The highest BCUT2D eigenvalue weighted by Crippen LogP contribution is 2.31. The van der Waals surface area contributed by atoms with Crippen LogP contribution in [0.1, 0.15) is 19.3 Å². The van der Waals surface area contributed by atoms with E-state index in [9.17, 15) is 0 Å². The molecular weight excluding hydrogens is 210 g/mol. The van der Waals surface area contributed by atoms with E-state index in [1.165, 1.54) is 6.42 Å². The van der Waals surface area contributed by atoms with Crippen LogP contribution in [0.4, 0.5) is 0 Å². The highest BCUT2D eigenvalue weighted by atomic mass is 32.2. The van der Waals surface area contributed by atoms with E-state index in [2.05, 4.69) is 9.89 Å². The zero-order valence-electron chi connectivity index (χ0n) is 8.85. The van der Waals surface area contributed by atoms with Gasteiger partial charge in [0, 0.05) is 6.54 Å². The summed E-state index contributed by atoms with van der Waals surface area (Å²) in [6, 6.07) is 0.443. The van der Waals surface area contributed by atoms with E-state index in [-0.39, 0.29) is 0 Å². The number of ether oxygens (including phenoxy) is 1. The predicted molar refractivity (Wildman–Crippen MR) is 60.6 cm³/mol. The van der Waals surface area contributed by atoms with Crippen molar-refractivity contribution in [1.29, 1.82) is 5.26 Å². The maximum atomic E-state index is 8.63. The van der Waals surface area contributed by atoms with Gasteiger partial charge < -0.3 is 9.64 Å². The maximum Gasteiger partial charge on any atom is 0.208 e. The topological polar surface area (TPSA) is 48.6 Å². The van der Waals surface area contributed by atoms with Crippen molar-refractivity contribution >= 4 is 16.9 Å². The molecular formula is C10H15N3OS. The number of nitrogens with zero attached hydrogens (tertiary/aromatic N) is 3. The number of hydrogen-bond acceptors (Lipinski definition) is 4. The molecule has 0 spiro atoms. The lowest BCUT2D eigenvalue weighted by molar-refractivity contribution is -0.0281. The van der Waals surface area contributed by atoms with Gasteiger partial charge in [0.15, 0.2) is 5.17 Å². The average Bonchev–Trinajstić information content (AvgIpc) is 2.73. The molecule has 5 heteroatoms. The summed E-state index contributed by atoms with van der Waals surface area (Å²) >= 11 is 1.55. The van der Waals surface area contributed by atoms with Crippen molar-refractivity contribution in [3.8, 4) is 6.19 Å². The lowest BCUT2D eigenvalue weighted by Gasteiger charge is -2.38. The van der Waals surface area contributed by atoms with Crippen LogP contribution in [0.5, 0.6) is 0 Å². The van der Waals surface area contributed by atoms with Crippen LogP contribution in [-0.2, 0) is 4.74 Å². The summed E-state index contributed by atoms with van der Waals surface area (Å²) in [7, 11) is 0. The molecule has 0 radical (unpaired) electrons. The molecule has 2 unspecified atom stereocenters. The molecule has 2 rings (SSSR count). The Labute approximate surface area is 94.3 Å². The van der Waals surface area contributed by atoms with Crippen LogP contribution < -0.4 is 0 Å². The fourth-order valence-corrected chi connectivity index (χ4v) is 3.03. The minimum atomic E-state index is 0.356. The van der Waals surface area contributed by atoms with Gasteiger partial charge in [-0.25, -0.2) is 0 Å². The van der Waals surface area contributed by atoms with Crippen LogP contribution in [0.15, 0.2) is 4.99 Å². The average molecular weight is 225 g/mol. The molecule has 1 saturated carbocycles. The van der Waals surface area contributed by atoms with Gasteiger partial charge in [-0.3, -0.25) is 0 Å². The molecule has 4 nitrogen and oxygen atoms in total. The van der Waals surface area contributed by atoms with Crippen molar-refractivity contribution in [3.05, 3.63) is 0 Å². The predicted octanol–water partition coefficient (Wildman–Crippen LogP) is 1.44. The van der Waals surface area contributed by atoms with Crippen LogP contribution in [0, 0.1) is 11.5 Å². The van der Waals surface area contributed by atoms with Crippen molar-refractivity contribution in [2.24, 2.45) is 4.99 Å². The molecule has 2 fully saturated rings. The molecule has 0 N–H and O–H groups in total. The Morgan fingerprint density at radius 1 is 1.60 bits per heavy atom. The standard InChI is InChI=1S/C10H15N3OS/c1-15-10(12-7-11)13-5-6-14-9-4-2-3-8(9)13/h8-9H,2-6H2,1H3. The van der Waals surface area contributed by atoms with Crippen molar-refractivity contribution in [1.82, 2.24) is 4.90 Å². The first-order valence-electron chi connectivity index (χ1n) is 5.26. The molecule has 82 valence electrons. The first kappa shape index (κ1) is 10.8. The summed E-state index contributed by atoms with van der Waals surface area (Å²) in [4.78, 5) is 6.13. The highest BCUT2D eigenvalue weighted by molar-refractivity contribution is 8.13. The first-order valence-corrected chi connectivity index (χ1v) is 6.48. The summed E-state index contributed by atoms with van der Waals surface area (Å²) in [5, 5.41) is 9.48. The summed E-state index contributed by atoms with van der Waals surface area (Å²) in [6.45, 7) is 1.62. The van der Waals surface area contributed by atoms with Gasteiger partial charge in [-0.1, -0.05) is 11.8 Å². The van der Waals surface area contributed by atoms with Gasteiger partial charge in [0.1, 0.15) is 0 Å². The summed E-state index contributed by atoms with van der Waals surface area (Å²) in [6.07, 6.45) is 7.74. The van der Waals surface area contributed by atoms with E-state index in [0.717, 1.165) is 31.2 Å². The van der Waals surface area contributed by atoms with Gasteiger partial charge >= 0.3 is 0 Å². The van der Waals surface area contributed by atoms with Gasteiger partial charge in [-0.05, 0) is 25.5 Å². The summed E-state index contributed by atoms with van der Waals surface area (Å²) in [5.41, 5.74) is 0. The number of hydrogen-bond donors (Lipinski definition) is 0. The summed E-state index contributed by atoms with van der Waals surface area (Å²) < 4.78 is 5.72. The first-order chi connectivity index (χ1) is 7.36. The number of aliphatic imine (C=N–C) groups is 1. The van der Waals surface area contributed by atoms with E-state index < -0.39 is 0 Å². The molecule has 0 amide bonds. The molecule has 2 atom stereocenters. The number of amidine groups is 1. The number of rotatable bonds is 0. The van der Waals surface area contributed by atoms with E-state index in [4.69, 9.17) is 10.00 Å². The molecule has 0 aromatic rings. The molecule has 0 bridgehead atoms. The Bertz CT molecular complexity index is 300. The van der Waals surface area contributed by atoms with Gasteiger partial charge in [0.25, 0.3) is 0 Å². The number of fused-ring (bicyclic) bond motifs is 1. The fraction of sp³-hybridized carbons (Fsp3) is 0.800. The molecule has 15 heavy (non-hydrogen) atoms. The van der Waals surface area contributed by atoms with Crippen molar-refractivity contribution < 1.29 is 4.74 Å². The highest BCUT2D eigenvalue weighted by Gasteiger charge is 2.37. The molecule has 0 aromatic heterocycles. The number of thioether (sulfide) groups is 1. The SMILES string of the molecule is CSC(=NC#N)N1CCOC2CCCC21. The maximum absolute atomic E-state index is 8.63. The lowest BCUT2D eigenvalue weighted by atomic mass is 10.1. The second kappa shape index (κ2) is 4.86. The van der Waals surface area contributed by atoms with Crippen LogP contribution in [0.25, 0.3) is 0 Å². The van der Waals surface area contributed by atoms with Crippen molar-refractivity contribution in [3.63, 3.8) is 0 Å². The van der Waals surface area contributed by atoms with E-state index in [1.807, 2.05) is 12.4 Å². The van der Waals surface area contributed by atoms with Crippen molar-refractivity contribution in [2.75, 3.05) is 19.4 Å². The smallest absolute Gasteiger partial charge is 0.208 e. The molecule has 1 aliphatic carbocycles. The zero-order chi connectivity index (χ0) is 10.7. The van der Waals surface area contributed by atoms with Crippen LogP contribution in [0.2, 0.25) is 0 Å². The zero-order valence-corrected chi connectivity index (χ0v) is 9.66. The van der Waals surface area contributed by atoms with Gasteiger partial charge in [-0.15, -0.1) is 4.99 Å². The Kier molecular flexibility index (Phi) is 3.49. The van der Waals surface area contributed by atoms with E-state index >= 15 is 0 Å². The van der Waals surface area contributed by atoms with Gasteiger partial charge in [-0.2, -0.15) is 5.26 Å². The molecule has 0 aromatic carbocycles. The van der Waals surface area contributed by atoms with Gasteiger partial charge in [0.2, 0.25) is 6.19 Å². The molecule has 1 aliphatic heterocycles. The van der Waals surface area contributed by atoms with Crippen LogP contribution in [-0.4, -0.2) is 41.6 Å². The van der Waals surface area contributed by atoms with Gasteiger partial charge in [0.05, 0.1) is 18.8 Å². The quantitative estimate of drug-likeness (QED) is 0.355. The number of morpholine rings is 1. The summed E-state index contributed by atoms with van der Waals surface area (Å²) in [5.74, 6) is 0. The minimum absolute atomic E-state index is 0.356. The second-order valence-corrected chi connectivity index (χ2v) is 4.57. The Morgan fingerprint density at radius 3 is 3.20 bits per heavy atom. The monoisotopic (exact) mass is 225 g/mol. The lowest BCUT2D eigenvalue weighted by Crippen LogP contribution is -2.50. The third-order valence-electron chi connectivity index (χ3n) is 3.06. The third-order valence-corrected chi connectivity index (χ3v) is 3.75. The van der Waals surface area contributed by atoms with Crippen LogP contribution in [0.3, 0.4) is 0 Å². The van der Waals surface area contributed by atoms with E-state index in [0.29, 0.717) is 12.1 Å². The molecule has 2 aliphatic rings. The van der Waals surface area contributed by atoms with Crippen molar-refractivity contribution in [2.45, 2.75) is 31.4 Å². The third kappa shape index (κ3) is 2.11. The fourth-order valence-electron chi connectivity index (χ4n) is 2.43. The Hall–Kier alpha value is -0.730. The van der Waals surface area contributed by atoms with E-state index in [1.54, 1.807) is 11.8 Å². The minimum Gasteiger partial charge on any atom is -0.374 e. The largest absolute Gasteiger partial charge is 0.374 e.